The minimum atomic E-state index is 0.138. The van der Waals surface area contributed by atoms with E-state index in [-0.39, 0.29) is 5.92 Å². The van der Waals surface area contributed by atoms with E-state index in [2.05, 4.69) is 62.9 Å². The molecular formula is C22H29N5OS. The van der Waals surface area contributed by atoms with Crippen molar-refractivity contribution in [1.29, 1.82) is 0 Å². The third kappa shape index (κ3) is 4.90. The molecule has 0 bridgehead atoms. The van der Waals surface area contributed by atoms with Crippen LogP contribution in [0.5, 0.6) is 0 Å². The highest BCUT2D eigenvalue weighted by molar-refractivity contribution is 7.99. The number of nitrogens with zero attached hydrogens (tertiary/aromatic N) is 5. The van der Waals surface area contributed by atoms with E-state index in [1.54, 1.807) is 24.2 Å². The molecule has 4 rings (SSSR count). The van der Waals surface area contributed by atoms with Crippen LogP contribution in [-0.2, 0) is 4.79 Å². The maximum Gasteiger partial charge on any atom is 0.225 e. The van der Waals surface area contributed by atoms with Gasteiger partial charge in [-0.2, -0.15) is 0 Å². The Labute approximate surface area is 177 Å². The summed E-state index contributed by atoms with van der Waals surface area (Å²) in [5.41, 5.74) is 1.25. The number of carbonyl (C=O) groups is 1. The second kappa shape index (κ2) is 9.13. The highest BCUT2D eigenvalue weighted by Crippen LogP contribution is 2.34. The molecule has 154 valence electrons. The van der Waals surface area contributed by atoms with Crippen molar-refractivity contribution in [3.63, 3.8) is 0 Å². The van der Waals surface area contributed by atoms with Crippen LogP contribution in [0.25, 0.3) is 0 Å². The quantitative estimate of drug-likeness (QED) is 0.771. The fourth-order valence-corrected chi connectivity index (χ4v) is 4.83. The lowest BCUT2D eigenvalue weighted by Gasteiger charge is -2.38. The summed E-state index contributed by atoms with van der Waals surface area (Å²) in [7, 11) is 2.12. The van der Waals surface area contributed by atoms with Crippen LogP contribution >= 0.6 is 11.8 Å². The molecule has 29 heavy (non-hydrogen) atoms. The highest BCUT2D eigenvalue weighted by atomic mass is 32.2. The van der Waals surface area contributed by atoms with Crippen LogP contribution in [0.1, 0.15) is 18.4 Å². The second-order valence-corrected chi connectivity index (χ2v) is 9.05. The normalized spacial score (nSPS) is 18.8. The molecule has 0 saturated carbocycles. The summed E-state index contributed by atoms with van der Waals surface area (Å²) in [5.74, 6) is 1.41. The topological polar surface area (TPSA) is 52.6 Å². The Kier molecular flexibility index (Phi) is 6.35. The van der Waals surface area contributed by atoms with Crippen LogP contribution in [0.4, 0.5) is 5.82 Å². The third-order valence-electron chi connectivity index (χ3n) is 5.84. The summed E-state index contributed by atoms with van der Waals surface area (Å²) < 4.78 is 0. The molecule has 3 heterocycles. The molecule has 7 heteroatoms. The van der Waals surface area contributed by atoms with Crippen molar-refractivity contribution < 1.29 is 4.79 Å². The highest BCUT2D eigenvalue weighted by Gasteiger charge is 2.31. The zero-order valence-electron chi connectivity index (χ0n) is 17.3. The average molecular weight is 412 g/mol. The number of piperidine rings is 1. The van der Waals surface area contributed by atoms with Crippen molar-refractivity contribution in [2.75, 3.05) is 51.2 Å². The largest absolute Gasteiger partial charge is 0.354 e. The van der Waals surface area contributed by atoms with E-state index in [1.807, 2.05) is 0 Å². The fraction of sp³-hybridized carbons (Fsp3) is 0.500. The van der Waals surface area contributed by atoms with Gasteiger partial charge in [-0.1, -0.05) is 29.5 Å². The molecule has 1 aromatic carbocycles. The number of carbonyl (C=O) groups excluding carboxylic acids is 1. The summed E-state index contributed by atoms with van der Waals surface area (Å²) in [6.07, 6.45) is 5.28. The first-order valence-corrected chi connectivity index (χ1v) is 11.2. The second-order valence-electron chi connectivity index (χ2n) is 7.99. The van der Waals surface area contributed by atoms with Gasteiger partial charge < -0.3 is 14.7 Å². The van der Waals surface area contributed by atoms with Gasteiger partial charge in [-0.05, 0) is 38.9 Å². The fourth-order valence-electron chi connectivity index (χ4n) is 3.95. The number of aromatic nitrogens is 2. The van der Waals surface area contributed by atoms with Gasteiger partial charge in [0.25, 0.3) is 0 Å². The number of likely N-dealkylation sites (N-methyl/N-ethyl adjacent to an activating group) is 1. The van der Waals surface area contributed by atoms with Crippen molar-refractivity contribution in [1.82, 2.24) is 19.8 Å². The first-order valence-electron chi connectivity index (χ1n) is 10.4. The van der Waals surface area contributed by atoms with Crippen molar-refractivity contribution >= 4 is 23.5 Å². The lowest BCUT2D eigenvalue weighted by molar-refractivity contribution is -0.137. The van der Waals surface area contributed by atoms with Gasteiger partial charge in [0.1, 0.15) is 5.03 Å². The van der Waals surface area contributed by atoms with E-state index in [1.165, 1.54) is 5.56 Å². The van der Waals surface area contributed by atoms with Gasteiger partial charge in [-0.3, -0.25) is 4.79 Å². The minimum absolute atomic E-state index is 0.138. The molecule has 2 aromatic rings. The molecule has 2 aliphatic rings. The molecule has 0 unspecified atom stereocenters. The van der Waals surface area contributed by atoms with Crippen LogP contribution in [0.15, 0.2) is 46.6 Å². The standard InChI is InChI=1S/C22H29N5OS/c1-17-3-5-19(6-4-17)29-21-20(23-9-10-24-21)26-11-7-18(8-12-26)22(28)27-15-13-25(2)14-16-27/h3-6,9-10,18H,7-8,11-16H2,1-2H3. The molecule has 0 atom stereocenters. The van der Waals surface area contributed by atoms with Gasteiger partial charge in [-0.15, -0.1) is 0 Å². The number of aryl methyl sites for hydroxylation is 1. The molecule has 0 N–H and O–H groups in total. The van der Waals surface area contributed by atoms with E-state index >= 15 is 0 Å². The Balaban J connectivity index is 1.38. The Morgan fingerprint density at radius 2 is 1.62 bits per heavy atom. The predicted octanol–water partition coefficient (Wildman–Crippen LogP) is 2.93. The molecule has 0 aliphatic carbocycles. The number of benzene rings is 1. The van der Waals surface area contributed by atoms with Gasteiger partial charge in [0.2, 0.25) is 5.91 Å². The maximum absolute atomic E-state index is 12.9. The number of hydrogen-bond donors (Lipinski definition) is 0. The number of piperazine rings is 1. The minimum Gasteiger partial charge on any atom is -0.354 e. The number of rotatable bonds is 4. The zero-order valence-corrected chi connectivity index (χ0v) is 18.1. The number of hydrogen-bond acceptors (Lipinski definition) is 6. The van der Waals surface area contributed by atoms with Crippen molar-refractivity contribution in [3.8, 4) is 0 Å². The monoisotopic (exact) mass is 411 g/mol. The van der Waals surface area contributed by atoms with Gasteiger partial charge >= 0.3 is 0 Å². The van der Waals surface area contributed by atoms with Crippen molar-refractivity contribution in [3.05, 3.63) is 42.2 Å². The van der Waals surface area contributed by atoms with Crippen LogP contribution in [0.2, 0.25) is 0 Å². The maximum atomic E-state index is 12.9. The number of amides is 1. The molecule has 2 aliphatic heterocycles. The summed E-state index contributed by atoms with van der Waals surface area (Å²) in [6, 6.07) is 8.49. The first-order chi connectivity index (χ1) is 14.1. The molecule has 1 aromatic heterocycles. The van der Waals surface area contributed by atoms with Crippen molar-refractivity contribution in [2.45, 2.75) is 29.7 Å². The molecule has 2 saturated heterocycles. The molecular weight excluding hydrogens is 382 g/mol. The van der Waals surface area contributed by atoms with Crippen molar-refractivity contribution in [2.24, 2.45) is 5.92 Å². The van der Waals surface area contributed by atoms with E-state index in [0.717, 1.165) is 67.8 Å². The summed E-state index contributed by atoms with van der Waals surface area (Å²) in [4.78, 5) is 29.9. The smallest absolute Gasteiger partial charge is 0.225 e. The first kappa shape index (κ1) is 20.2. The SMILES string of the molecule is Cc1ccc(Sc2nccnc2N2CCC(C(=O)N3CCN(C)CC3)CC2)cc1. The number of anilines is 1. The Bertz CT molecular complexity index is 827. The lowest BCUT2D eigenvalue weighted by Crippen LogP contribution is -2.50. The Morgan fingerprint density at radius 1 is 0.966 bits per heavy atom. The van der Waals surface area contributed by atoms with Crippen LogP contribution in [0.3, 0.4) is 0 Å². The molecule has 0 radical (unpaired) electrons. The van der Waals surface area contributed by atoms with Gasteiger partial charge in [0, 0.05) is 62.5 Å². The van der Waals surface area contributed by atoms with Crippen LogP contribution < -0.4 is 4.90 Å². The van der Waals surface area contributed by atoms with Gasteiger partial charge in [0.05, 0.1) is 0 Å². The van der Waals surface area contributed by atoms with Gasteiger partial charge in [-0.25, -0.2) is 9.97 Å². The lowest BCUT2D eigenvalue weighted by atomic mass is 9.95. The van der Waals surface area contributed by atoms with E-state index in [0.29, 0.717) is 5.91 Å². The molecule has 0 spiro atoms. The molecule has 1 amide bonds. The van der Waals surface area contributed by atoms with Gasteiger partial charge in [0.15, 0.2) is 5.82 Å². The Hall–Kier alpha value is -2.12. The zero-order chi connectivity index (χ0) is 20.2. The van der Waals surface area contributed by atoms with E-state index in [4.69, 9.17) is 0 Å². The van der Waals surface area contributed by atoms with E-state index in [9.17, 15) is 4.79 Å². The molecule has 6 nitrogen and oxygen atoms in total. The summed E-state index contributed by atoms with van der Waals surface area (Å²) in [6.45, 7) is 7.46. The van der Waals surface area contributed by atoms with Crippen LogP contribution in [0, 0.1) is 12.8 Å². The third-order valence-corrected chi connectivity index (χ3v) is 6.83. The van der Waals surface area contributed by atoms with Crippen LogP contribution in [-0.4, -0.2) is 72.0 Å². The average Bonchev–Trinajstić information content (AvgIpc) is 2.76. The Morgan fingerprint density at radius 3 is 2.31 bits per heavy atom. The molecule has 2 fully saturated rings. The summed E-state index contributed by atoms with van der Waals surface area (Å²) >= 11 is 1.65. The van der Waals surface area contributed by atoms with E-state index < -0.39 is 0 Å². The predicted molar refractivity (Wildman–Crippen MR) is 116 cm³/mol. The summed E-state index contributed by atoms with van der Waals surface area (Å²) in [5, 5.41) is 0.931.